The number of ketones is 1. The number of Topliss-reactive ketones (excluding diaryl/α,β-unsaturated/α-hetero) is 1. The van der Waals surface area contributed by atoms with E-state index in [1.165, 1.54) is 0 Å². The van der Waals surface area contributed by atoms with Crippen LogP contribution in [0, 0.1) is 0 Å². The Morgan fingerprint density at radius 1 is 1.53 bits per heavy atom. The van der Waals surface area contributed by atoms with Crippen LogP contribution in [-0.4, -0.2) is 45.0 Å². The highest BCUT2D eigenvalue weighted by atomic mass is 32.2. The fourth-order valence-electron chi connectivity index (χ4n) is 1.54. The van der Waals surface area contributed by atoms with Crippen molar-refractivity contribution in [2.45, 2.75) is 24.8 Å². The third kappa shape index (κ3) is 3.89. The predicted molar refractivity (Wildman–Crippen MR) is 56.3 cm³/mol. The zero-order valence-electron chi connectivity index (χ0n) is 8.86. The second-order valence-corrected chi connectivity index (χ2v) is 6.38. The number of hydrogen-bond donors (Lipinski definition) is 1. The van der Waals surface area contributed by atoms with Crippen molar-refractivity contribution in [2.24, 2.45) is 5.73 Å². The van der Waals surface area contributed by atoms with Gasteiger partial charge in [0.15, 0.2) is 5.78 Å². The largest absolute Gasteiger partial charge is 0.379 e. The van der Waals surface area contributed by atoms with Gasteiger partial charge in [0.2, 0.25) is 0 Å². The average Bonchev–Trinajstić information content (AvgIpc) is 2.51. The fraction of sp³-hybridized carbons (Fsp3) is 0.889. The van der Waals surface area contributed by atoms with Crippen LogP contribution in [0.3, 0.4) is 0 Å². The maximum atomic E-state index is 11.7. The average molecular weight is 235 g/mol. The molecule has 2 N–H and O–H groups in total. The smallest absolute Gasteiger partial charge is 0.155 e. The minimum absolute atomic E-state index is 0.0374. The lowest BCUT2D eigenvalue weighted by Crippen LogP contribution is -2.48. The van der Waals surface area contributed by atoms with Crippen LogP contribution < -0.4 is 5.73 Å². The van der Waals surface area contributed by atoms with Gasteiger partial charge in [-0.3, -0.25) is 4.79 Å². The lowest BCUT2D eigenvalue weighted by Gasteiger charge is -2.19. The van der Waals surface area contributed by atoms with E-state index in [4.69, 9.17) is 10.5 Å². The third-order valence-corrected chi connectivity index (χ3v) is 3.56. The summed E-state index contributed by atoms with van der Waals surface area (Å²) in [7, 11) is -2.99. The maximum absolute atomic E-state index is 11.7. The molecule has 0 radical (unpaired) electrons. The van der Waals surface area contributed by atoms with Crippen molar-refractivity contribution in [1.29, 1.82) is 0 Å². The summed E-state index contributed by atoms with van der Waals surface area (Å²) in [4.78, 5) is 11.7. The molecule has 0 spiro atoms. The molecule has 0 aromatic heterocycles. The first kappa shape index (κ1) is 12.6. The molecule has 1 rings (SSSR count). The van der Waals surface area contributed by atoms with Crippen LogP contribution in [-0.2, 0) is 19.4 Å². The predicted octanol–water partition coefficient (Wildman–Crippen LogP) is -0.502. The first-order valence-corrected chi connectivity index (χ1v) is 6.97. The zero-order chi connectivity index (χ0) is 11.5. The quantitative estimate of drug-likeness (QED) is 0.694. The summed E-state index contributed by atoms with van der Waals surface area (Å²) >= 11 is 0. The molecule has 0 bridgehead atoms. The van der Waals surface area contributed by atoms with Crippen LogP contribution in [0.5, 0.6) is 0 Å². The van der Waals surface area contributed by atoms with Gasteiger partial charge in [0.1, 0.15) is 15.4 Å². The number of ether oxygens (including phenoxy) is 1. The Bertz CT molecular complexity index is 330. The summed E-state index contributed by atoms with van der Waals surface area (Å²) in [5.41, 5.74) is 4.95. The second kappa shape index (κ2) is 4.59. The highest BCUT2D eigenvalue weighted by Gasteiger charge is 2.37. The molecule has 1 saturated heterocycles. The summed E-state index contributed by atoms with van der Waals surface area (Å²) in [5.74, 6) is -0.0565. The normalized spacial score (nSPS) is 26.8. The van der Waals surface area contributed by atoms with E-state index in [9.17, 15) is 13.2 Å². The Hall–Kier alpha value is -0.460. The number of nitrogens with two attached hydrogens (primary N) is 1. The first-order chi connectivity index (χ1) is 6.83. The van der Waals surface area contributed by atoms with Crippen LogP contribution in [0.15, 0.2) is 0 Å². The molecule has 1 atom stereocenters. The van der Waals surface area contributed by atoms with E-state index in [1.54, 1.807) is 0 Å². The molecule has 5 nitrogen and oxygen atoms in total. The topological polar surface area (TPSA) is 86.5 Å². The highest BCUT2D eigenvalue weighted by Crippen LogP contribution is 2.18. The van der Waals surface area contributed by atoms with Crippen LogP contribution in [0.4, 0.5) is 0 Å². The van der Waals surface area contributed by atoms with Crippen molar-refractivity contribution in [3.63, 3.8) is 0 Å². The molecule has 15 heavy (non-hydrogen) atoms. The van der Waals surface area contributed by atoms with Crippen molar-refractivity contribution < 1.29 is 17.9 Å². The molecule has 1 heterocycles. The molecule has 1 fully saturated rings. The molecule has 1 unspecified atom stereocenters. The minimum atomic E-state index is -2.99. The van der Waals surface area contributed by atoms with Gasteiger partial charge in [0.05, 0.1) is 12.4 Å². The lowest BCUT2D eigenvalue weighted by molar-refractivity contribution is -0.124. The molecule has 6 heteroatoms. The van der Waals surface area contributed by atoms with Gasteiger partial charge in [-0.05, 0) is 12.8 Å². The van der Waals surface area contributed by atoms with Crippen LogP contribution in [0.1, 0.15) is 19.3 Å². The van der Waals surface area contributed by atoms with Crippen molar-refractivity contribution in [2.75, 3.05) is 25.2 Å². The van der Waals surface area contributed by atoms with E-state index in [1.807, 2.05) is 0 Å². The van der Waals surface area contributed by atoms with E-state index in [-0.39, 0.29) is 24.6 Å². The lowest BCUT2D eigenvalue weighted by atomic mass is 9.92. The van der Waals surface area contributed by atoms with E-state index in [2.05, 4.69) is 0 Å². The monoisotopic (exact) mass is 235 g/mol. The summed E-state index contributed by atoms with van der Waals surface area (Å²) in [6, 6.07) is 0. The molecular formula is C9H17NO4S. The summed E-state index contributed by atoms with van der Waals surface area (Å²) in [6.07, 6.45) is 2.25. The van der Waals surface area contributed by atoms with Crippen molar-refractivity contribution in [3.8, 4) is 0 Å². The Kier molecular flexibility index (Phi) is 3.86. The van der Waals surface area contributed by atoms with Gasteiger partial charge in [-0.25, -0.2) is 8.42 Å². The fourth-order valence-corrected chi connectivity index (χ4v) is 2.21. The van der Waals surface area contributed by atoms with E-state index < -0.39 is 15.4 Å². The number of rotatable bonds is 5. The van der Waals surface area contributed by atoms with Crippen LogP contribution in [0.2, 0.25) is 0 Å². The van der Waals surface area contributed by atoms with Crippen LogP contribution >= 0.6 is 0 Å². The highest BCUT2D eigenvalue weighted by molar-refractivity contribution is 7.90. The number of carbonyl (C=O) groups is 1. The van der Waals surface area contributed by atoms with Gasteiger partial charge >= 0.3 is 0 Å². The summed E-state index contributed by atoms with van der Waals surface area (Å²) in [6.45, 7) is 0.763. The molecule has 1 aliphatic heterocycles. The number of carbonyl (C=O) groups excluding carboxylic acids is 1. The summed E-state index contributed by atoms with van der Waals surface area (Å²) < 4.78 is 26.8. The number of sulfone groups is 1. The van der Waals surface area contributed by atoms with Gasteiger partial charge in [-0.2, -0.15) is 0 Å². The van der Waals surface area contributed by atoms with Gasteiger partial charge in [-0.1, -0.05) is 0 Å². The van der Waals surface area contributed by atoms with Crippen molar-refractivity contribution >= 4 is 15.6 Å². The SMILES string of the molecule is CS(=O)(=O)CCCC(=O)C1(N)CCOC1. The Labute approximate surface area is 89.9 Å². The Morgan fingerprint density at radius 3 is 2.67 bits per heavy atom. The third-order valence-electron chi connectivity index (χ3n) is 2.53. The first-order valence-electron chi connectivity index (χ1n) is 4.91. The molecule has 0 aromatic rings. The second-order valence-electron chi connectivity index (χ2n) is 4.12. The molecule has 0 amide bonds. The van der Waals surface area contributed by atoms with Gasteiger partial charge in [0.25, 0.3) is 0 Å². The Morgan fingerprint density at radius 2 is 2.20 bits per heavy atom. The van der Waals surface area contributed by atoms with Crippen molar-refractivity contribution in [1.82, 2.24) is 0 Å². The molecule has 0 aliphatic carbocycles. The zero-order valence-corrected chi connectivity index (χ0v) is 9.68. The van der Waals surface area contributed by atoms with Crippen LogP contribution in [0.25, 0.3) is 0 Å². The molecular weight excluding hydrogens is 218 g/mol. The van der Waals surface area contributed by atoms with Gasteiger partial charge in [0, 0.05) is 19.3 Å². The summed E-state index contributed by atoms with van der Waals surface area (Å²) in [5, 5.41) is 0. The molecule has 0 saturated carbocycles. The Balaban J connectivity index is 2.36. The van der Waals surface area contributed by atoms with Gasteiger partial charge < -0.3 is 10.5 Å². The molecule has 1 aliphatic rings. The van der Waals surface area contributed by atoms with E-state index in [0.717, 1.165) is 6.26 Å². The van der Waals surface area contributed by atoms with E-state index in [0.29, 0.717) is 19.4 Å². The maximum Gasteiger partial charge on any atom is 0.155 e. The van der Waals surface area contributed by atoms with E-state index >= 15 is 0 Å². The number of hydrogen-bond acceptors (Lipinski definition) is 5. The van der Waals surface area contributed by atoms with Crippen molar-refractivity contribution in [3.05, 3.63) is 0 Å². The molecule has 88 valence electrons. The minimum Gasteiger partial charge on any atom is -0.379 e. The standard InChI is InChI=1S/C9H17NO4S/c1-15(12,13)6-2-3-8(11)9(10)4-5-14-7-9/h2-7,10H2,1H3. The molecule has 0 aromatic carbocycles. The van der Waals surface area contributed by atoms with Gasteiger partial charge in [-0.15, -0.1) is 0 Å².